The van der Waals surface area contributed by atoms with Gasteiger partial charge < -0.3 is 19.9 Å². The number of carbonyl (C=O) groups excluding carboxylic acids is 2. The normalized spacial score (nSPS) is 16.1. The van der Waals surface area contributed by atoms with Crippen LogP contribution in [0.4, 0.5) is 4.79 Å². The first-order valence-electron chi connectivity index (χ1n) is 10.3. The van der Waals surface area contributed by atoms with Gasteiger partial charge in [-0.1, -0.05) is 32.9 Å². The average molecular weight is 400 g/mol. The summed E-state index contributed by atoms with van der Waals surface area (Å²) in [6.45, 7) is 13.3. The van der Waals surface area contributed by atoms with Crippen LogP contribution in [-0.4, -0.2) is 46.6 Å². The summed E-state index contributed by atoms with van der Waals surface area (Å²) in [5.74, 6) is -0.103. The fourth-order valence-electron chi connectivity index (χ4n) is 3.51. The van der Waals surface area contributed by atoms with Crippen molar-refractivity contribution >= 4 is 22.9 Å². The van der Waals surface area contributed by atoms with Crippen LogP contribution in [0.5, 0.6) is 0 Å². The molecule has 6 nitrogen and oxygen atoms in total. The van der Waals surface area contributed by atoms with Crippen LogP contribution in [0.25, 0.3) is 10.9 Å². The molecule has 0 radical (unpaired) electrons. The summed E-state index contributed by atoms with van der Waals surface area (Å²) in [5.41, 5.74) is 2.34. The maximum absolute atomic E-state index is 12.7. The molecule has 1 aromatic carbocycles. The Morgan fingerprint density at radius 3 is 2.31 bits per heavy atom. The van der Waals surface area contributed by atoms with Gasteiger partial charge in [-0.15, -0.1) is 0 Å². The van der Waals surface area contributed by atoms with Crippen LogP contribution in [-0.2, 0) is 10.2 Å². The Labute approximate surface area is 173 Å². The van der Waals surface area contributed by atoms with Gasteiger partial charge in [0.1, 0.15) is 11.3 Å². The Bertz CT molecular complexity index is 894. The van der Waals surface area contributed by atoms with E-state index in [1.807, 2.05) is 26.8 Å². The lowest BCUT2D eigenvalue weighted by Crippen LogP contribution is -2.47. The summed E-state index contributed by atoms with van der Waals surface area (Å²) < 4.78 is 5.42. The lowest BCUT2D eigenvalue weighted by molar-refractivity contribution is 0.0199. The van der Waals surface area contributed by atoms with E-state index >= 15 is 0 Å². The molecule has 1 fully saturated rings. The molecule has 0 aliphatic carbocycles. The molecular formula is C23H33N3O3. The van der Waals surface area contributed by atoms with E-state index in [1.54, 1.807) is 4.90 Å². The molecule has 29 heavy (non-hydrogen) atoms. The first-order valence-corrected chi connectivity index (χ1v) is 10.3. The molecule has 3 rings (SSSR count). The topological polar surface area (TPSA) is 74.4 Å². The number of piperidine rings is 1. The molecule has 1 aliphatic rings. The molecule has 2 aromatic rings. The number of nitrogens with one attached hydrogen (secondary N) is 2. The number of rotatable bonds is 2. The molecule has 1 aliphatic heterocycles. The van der Waals surface area contributed by atoms with E-state index in [2.05, 4.69) is 49.3 Å². The maximum atomic E-state index is 12.7. The van der Waals surface area contributed by atoms with E-state index < -0.39 is 5.60 Å². The summed E-state index contributed by atoms with van der Waals surface area (Å²) >= 11 is 0. The third kappa shape index (κ3) is 5.31. The second kappa shape index (κ2) is 7.73. The molecule has 6 heteroatoms. The van der Waals surface area contributed by atoms with Crippen molar-refractivity contribution in [3.63, 3.8) is 0 Å². The summed E-state index contributed by atoms with van der Waals surface area (Å²) in [7, 11) is 0. The van der Waals surface area contributed by atoms with Gasteiger partial charge in [-0.25, -0.2) is 4.79 Å². The number of hydrogen-bond donors (Lipinski definition) is 2. The number of H-pyrrole nitrogens is 1. The number of carbonyl (C=O) groups is 2. The number of amides is 2. The highest BCUT2D eigenvalue weighted by molar-refractivity contribution is 5.98. The van der Waals surface area contributed by atoms with E-state index in [9.17, 15) is 9.59 Å². The smallest absolute Gasteiger partial charge is 0.410 e. The highest BCUT2D eigenvalue weighted by atomic mass is 16.6. The van der Waals surface area contributed by atoms with Gasteiger partial charge in [0.15, 0.2) is 0 Å². The van der Waals surface area contributed by atoms with Crippen LogP contribution >= 0.6 is 0 Å². The zero-order valence-corrected chi connectivity index (χ0v) is 18.4. The zero-order valence-electron chi connectivity index (χ0n) is 18.4. The molecule has 0 saturated carbocycles. The average Bonchev–Trinajstić information content (AvgIpc) is 3.03. The Hall–Kier alpha value is -2.50. The molecule has 2 heterocycles. The van der Waals surface area contributed by atoms with Crippen LogP contribution in [0.15, 0.2) is 24.3 Å². The first kappa shape index (κ1) is 21.2. The SMILES string of the molecule is CC(C)(C)OC(=O)N1CCC(NC(=O)c2cc3ccc(C(C)(C)C)cc3[nH]2)CC1. The Morgan fingerprint density at radius 1 is 1.07 bits per heavy atom. The Kier molecular flexibility index (Phi) is 5.65. The Balaban J connectivity index is 1.59. The van der Waals surface area contributed by atoms with Crippen molar-refractivity contribution in [2.45, 2.75) is 71.4 Å². The van der Waals surface area contributed by atoms with E-state index in [0.29, 0.717) is 18.8 Å². The van der Waals surface area contributed by atoms with Crippen molar-refractivity contribution < 1.29 is 14.3 Å². The number of likely N-dealkylation sites (tertiary alicyclic amines) is 1. The molecule has 0 atom stereocenters. The van der Waals surface area contributed by atoms with Gasteiger partial charge in [0, 0.05) is 30.0 Å². The second-order valence-corrected chi connectivity index (χ2v) is 9.95. The van der Waals surface area contributed by atoms with Gasteiger partial charge in [-0.2, -0.15) is 0 Å². The molecule has 1 saturated heterocycles. The van der Waals surface area contributed by atoms with E-state index in [1.165, 1.54) is 5.56 Å². The number of benzene rings is 1. The quantitative estimate of drug-likeness (QED) is 0.775. The number of fused-ring (bicyclic) bond motifs is 1. The predicted molar refractivity (Wildman–Crippen MR) is 115 cm³/mol. The zero-order chi connectivity index (χ0) is 21.4. The van der Waals surface area contributed by atoms with Gasteiger partial charge in [-0.3, -0.25) is 4.79 Å². The van der Waals surface area contributed by atoms with Crippen molar-refractivity contribution in [1.29, 1.82) is 0 Å². The molecular weight excluding hydrogens is 366 g/mol. The number of aromatic amines is 1. The molecule has 2 amide bonds. The van der Waals surface area contributed by atoms with Gasteiger partial charge in [-0.05, 0) is 56.7 Å². The summed E-state index contributed by atoms with van der Waals surface area (Å²) in [4.78, 5) is 29.9. The Morgan fingerprint density at radius 2 is 1.72 bits per heavy atom. The van der Waals surface area contributed by atoms with Crippen molar-refractivity contribution in [3.8, 4) is 0 Å². The van der Waals surface area contributed by atoms with E-state index in [-0.39, 0.29) is 23.5 Å². The number of hydrogen-bond acceptors (Lipinski definition) is 3. The fourth-order valence-corrected chi connectivity index (χ4v) is 3.51. The van der Waals surface area contributed by atoms with Crippen molar-refractivity contribution in [1.82, 2.24) is 15.2 Å². The van der Waals surface area contributed by atoms with Crippen molar-refractivity contribution in [2.75, 3.05) is 13.1 Å². The highest BCUT2D eigenvalue weighted by Crippen LogP contribution is 2.26. The maximum Gasteiger partial charge on any atom is 0.410 e. The van der Waals surface area contributed by atoms with Crippen LogP contribution in [0, 0.1) is 0 Å². The second-order valence-electron chi connectivity index (χ2n) is 9.95. The third-order valence-corrected chi connectivity index (χ3v) is 5.21. The van der Waals surface area contributed by atoms with Gasteiger partial charge in [0.2, 0.25) is 0 Å². The third-order valence-electron chi connectivity index (χ3n) is 5.21. The summed E-state index contributed by atoms with van der Waals surface area (Å²) in [6, 6.07) is 8.24. The molecule has 0 unspecified atom stereocenters. The van der Waals surface area contributed by atoms with Gasteiger partial charge >= 0.3 is 6.09 Å². The van der Waals surface area contributed by atoms with Crippen LogP contribution in [0.2, 0.25) is 0 Å². The molecule has 0 bridgehead atoms. The van der Waals surface area contributed by atoms with Crippen LogP contribution in [0.3, 0.4) is 0 Å². The molecule has 158 valence electrons. The van der Waals surface area contributed by atoms with Crippen LogP contribution in [0.1, 0.15) is 70.4 Å². The monoisotopic (exact) mass is 399 g/mol. The van der Waals surface area contributed by atoms with Gasteiger partial charge in [0.25, 0.3) is 5.91 Å². The largest absolute Gasteiger partial charge is 0.444 e. The minimum Gasteiger partial charge on any atom is -0.444 e. The minimum absolute atomic E-state index is 0.0535. The fraction of sp³-hybridized carbons (Fsp3) is 0.565. The molecule has 0 spiro atoms. The number of aromatic nitrogens is 1. The number of nitrogens with zero attached hydrogens (tertiary/aromatic N) is 1. The molecule has 1 aromatic heterocycles. The lowest BCUT2D eigenvalue weighted by atomic mass is 9.87. The first-order chi connectivity index (χ1) is 13.4. The van der Waals surface area contributed by atoms with Crippen LogP contribution < -0.4 is 5.32 Å². The lowest BCUT2D eigenvalue weighted by Gasteiger charge is -2.33. The highest BCUT2D eigenvalue weighted by Gasteiger charge is 2.28. The predicted octanol–water partition coefficient (Wildman–Crippen LogP) is 4.59. The minimum atomic E-state index is -0.495. The summed E-state index contributed by atoms with van der Waals surface area (Å²) in [6.07, 6.45) is 1.16. The number of ether oxygens (including phenoxy) is 1. The van der Waals surface area contributed by atoms with E-state index in [0.717, 1.165) is 23.7 Å². The standard InChI is InChI=1S/C23H33N3O3/c1-22(2,3)16-8-7-15-13-19(25-18(15)14-16)20(27)24-17-9-11-26(12-10-17)21(28)29-23(4,5)6/h7-8,13-14,17,25H,9-12H2,1-6H3,(H,24,27). The summed E-state index contributed by atoms with van der Waals surface area (Å²) in [5, 5.41) is 4.13. The van der Waals surface area contributed by atoms with Crippen molar-refractivity contribution in [3.05, 3.63) is 35.5 Å². The van der Waals surface area contributed by atoms with Crippen molar-refractivity contribution in [2.24, 2.45) is 0 Å². The van der Waals surface area contributed by atoms with E-state index in [4.69, 9.17) is 4.74 Å². The van der Waals surface area contributed by atoms with Gasteiger partial charge in [0.05, 0.1) is 0 Å². The molecule has 2 N–H and O–H groups in total.